The van der Waals surface area contributed by atoms with Crippen LogP contribution in [0.15, 0.2) is 12.7 Å². The van der Waals surface area contributed by atoms with Gasteiger partial charge in [0.05, 0.1) is 0 Å². The Hall–Kier alpha value is 0.0500. The lowest BCUT2D eigenvalue weighted by molar-refractivity contribution is 0.588. The Bertz CT molecular complexity index is 86.9. The van der Waals surface area contributed by atoms with Gasteiger partial charge in [-0.2, -0.15) is 0 Å². The van der Waals surface area contributed by atoms with Gasteiger partial charge in [-0.25, -0.2) is 0 Å². The Morgan fingerprint density at radius 3 is 2.67 bits per heavy atom. The van der Waals surface area contributed by atoms with Crippen molar-refractivity contribution < 1.29 is 0 Å². The van der Waals surface area contributed by atoms with Crippen LogP contribution >= 0.6 is 11.9 Å². The van der Waals surface area contributed by atoms with E-state index in [0.717, 1.165) is 5.75 Å². The fourth-order valence-electron chi connectivity index (χ4n) is 0.975. The van der Waals surface area contributed by atoms with E-state index in [9.17, 15) is 0 Å². The summed E-state index contributed by atoms with van der Waals surface area (Å²) in [5, 5.41) is 0. The lowest BCUT2D eigenvalue weighted by Crippen LogP contribution is -2.09. The highest BCUT2D eigenvalue weighted by Gasteiger charge is 2.09. The summed E-state index contributed by atoms with van der Waals surface area (Å²) in [5.74, 6) is 1.07. The van der Waals surface area contributed by atoms with Crippen molar-refractivity contribution in [3.8, 4) is 0 Å². The summed E-state index contributed by atoms with van der Waals surface area (Å²) in [6.07, 6.45) is 4.72. The first-order valence-corrected chi connectivity index (χ1v) is 4.36. The maximum absolute atomic E-state index is 3.67. The molecule has 0 atom stereocenters. The molecule has 0 spiro atoms. The lowest BCUT2D eigenvalue weighted by Gasteiger charge is -2.10. The minimum absolute atomic E-state index is 1.07. The summed E-state index contributed by atoms with van der Waals surface area (Å²) >= 11 is 1.90. The van der Waals surface area contributed by atoms with Crippen LogP contribution in [0.25, 0.3) is 0 Å². The van der Waals surface area contributed by atoms with Crippen molar-refractivity contribution in [1.82, 2.24) is 4.31 Å². The summed E-state index contributed by atoms with van der Waals surface area (Å²) in [4.78, 5) is 0. The molecule has 1 aliphatic rings. The predicted molar refractivity (Wildman–Crippen MR) is 43.5 cm³/mol. The summed E-state index contributed by atoms with van der Waals surface area (Å²) in [6, 6.07) is 0. The smallest absolute Gasteiger partial charge is 0.0259 e. The van der Waals surface area contributed by atoms with Gasteiger partial charge >= 0.3 is 0 Å². The molecule has 0 amide bonds. The first-order chi connectivity index (χ1) is 4.43. The Kier molecular flexibility index (Phi) is 3.15. The number of hydrogen-bond donors (Lipinski definition) is 0. The van der Waals surface area contributed by atoms with Crippen LogP contribution in [0.1, 0.15) is 12.8 Å². The molecule has 0 aromatic carbocycles. The van der Waals surface area contributed by atoms with Gasteiger partial charge in [0.25, 0.3) is 0 Å². The SMILES string of the molecule is C=CCSN1CCCC1. The van der Waals surface area contributed by atoms with Crippen LogP contribution in [0.4, 0.5) is 0 Å². The van der Waals surface area contributed by atoms with E-state index in [0.29, 0.717) is 0 Å². The minimum atomic E-state index is 1.07. The number of rotatable bonds is 3. The van der Waals surface area contributed by atoms with Gasteiger partial charge in [-0.05, 0) is 12.8 Å². The van der Waals surface area contributed by atoms with Crippen molar-refractivity contribution in [2.45, 2.75) is 12.8 Å². The van der Waals surface area contributed by atoms with E-state index in [1.54, 1.807) is 0 Å². The van der Waals surface area contributed by atoms with Crippen molar-refractivity contribution in [2.75, 3.05) is 18.8 Å². The van der Waals surface area contributed by atoms with Crippen molar-refractivity contribution in [1.29, 1.82) is 0 Å². The summed E-state index contributed by atoms with van der Waals surface area (Å²) in [7, 11) is 0. The van der Waals surface area contributed by atoms with Crippen LogP contribution in [0.5, 0.6) is 0 Å². The fraction of sp³-hybridized carbons (Fsp3) is 0.714. The van der Waals surface area contributed by atoms with E-state index >= 15 is 0 Å². The molecule has 0 aromatic heterocycles. The quantitative estimate of drug-likeness (QED) is 0.438. The van der Waals surface area contributed by atoms with Crippen molar-refractivity contribution >= 4 is 11.9 Å². The fourth-order valence-corrected chi connectivity index (χ4v) is 1.81. The highest BCUT2D eigenvalue weighted by molar-refractivity contribution is 7.97. The third-order valence-electron chi connectivity index (χ3n) is 1.44. The molecule has 0 aromatic rings. The van der Waals surface area contributed by atoms with Gasteiger partial charge in [0, 0.05) is 18.8 Å². The van der Waals surface area contributed by atoms with E-state index in [-0.39, 0.29) is 0 Å². The van der Waals surface area contributed by atoms with Gasteiger partial charge in [-0.15, -0.1) is 6.58 Å². The molecule has 52 valence electrons. The van der Waals surface area contributed by atoms with Gasteiger partial charge in [0.1, 0.15) is 0 Å². The Labute approximate surface area is 61.3 Å². The molecule has 0 aliphatic carbocycles. The Balaban J connectivity index is 2.04. The first-order valence-electron chi connectivity index (χ1n) is 3.42. The molecular formula is C7H13NS. The Morgan fingerprint density at radius 1 is 1.44 bits per heavy atom. The van der Waals surface area contributed by atoms with Crippen LogP contribution in [-0.4, -0.2) is 23.1 Å². The molecule has 1 saturated heterocycles. The molecule has 1 rings (SSSR count). The molecule has 0 bridgehead atoms. The molecule has 0 radical (unpaired) electrons. The van der Waals surface area contributed by atoms with Gasteiger partial charge in [-0.3, -0.25) is 4.31 Å². The van der Waals surface area contributed by atoms with Crippen LogP contribution in [0.2, 0.25) is 0 Å². The Morgan fingerprint density at radius 2 is 2.11 bits per heavy atom. The third-order valence-corrected chi connectivity index (χ3v) is 2.56. The van der Waals surface area contributed by atoms with Gasteiger partial charge in [-0.1, -0.05) is 18.0 Å². The third kappa shape index (κ3) is 2.41. The van der Waals surface area contributed by atoms with Gasteiger partial charge in [0.15, 0.2) is 0 Å². The van der Waals surface area contributed by atoms with Gasteiger partial charge in [0.2, 0.25) is 0 Å². The van der Waals surface area contributed by atoms with E-state index in [4.69, 9.17) is 0 Å². The highest BCUT2D eigenvalue weighted by atomic mass is 32.2. The molecule has 9 heavy (non-hydrogen) atoms. The average Bonchev–Trinajstić information content (AvgIpc) is 2.34. The van der Waals surface area contributed by atoms with E-state index in [2.05, 4.69) is 10.9 Å². The van der Waals surface area contributed by atoms with Crippen molar-refractivity contribution in [3.63, 3.8) is 0 Å². The number of nitrogens with zero attached hydrogens (tertiary/aromatic N) is 1. The lowest BCUT2D eigenvalue weighted by atomic mass is 10.4. The van der Waals surface area contributed by atoms with E-state index < -0.39 is 0 Å². The predicted octanol–water partition coefficient (Wildman–Crippen LogP) is 1.92. The summed E-state index contributed by atoms with van der Waals surface area (Å²) in [5.41, 5.74) is 0. The summed E-state index contributed by atoms with van der Waals surface area (Å²) in [6.45, 7) is 6.23. The molecule has 1 fully saturated rings. The second-order valence-electron chi connectivity index (χ2n) is 2.22. The standard InChI is InChI=1S/C7H13NS/c1-2-7-9-8-5-3-4-6-8/h2H,1,3-7H2. The minimum Gasteiger partial charge on any atom is -0.250 e. The molecule has 1 aliphatic heterocycles. The van der Waals surface area contributed by atoms with Crippen LogP contribution in [0, 0.1) is 0 Å². The molecule has 1 nitrogen and oxygen atoms in total. The second-order valence-corrected chi connectivity index (χ2v) is 3.33. The van der Waals surface area contributed by atoms with E-state index in [1.807, 2.05) is 18.0 Å². The number of hydrogen-bond acceptors (Lipinski definition) is 2. The first kappa shape index (κ1) is 7.16. The molecule has 0 saturated carbocycles. The summed E-state index contributed by atoms with van der Waals surface area (Å²) < 4.78 is 2.42. The molecule has 1 heterocycles. The zero-order chi connectivity index (χ0) is 6.53. The van der Waals surface area contributed by atoms with Crippen LogP contribution < -0.4 is 0 Å². The van der Waals surface area contributed by atoms with Crippen molar-refractivity contribution in [2.24, 2.45) is 0 Å². The molecule has 2 heteroatoms. The maximum Gasteiger partial charge on any atom is 0.0259 e. The normalized spacial score (nSPS) is 20.4. The largest absolute Gasteiger partial charge is 0.250 e. The topological polar surface area (TPSA) is 3.24 Å². The molecule has 0 N–H and O–H groups in total. The maximum atomic E-state index is 3.67. The molecule has 0 unspecified atom stereocenters. The van der Waals surface area contributed by atoms with Gasteiger partial charge < -0.3 is 0 Å². The second kappa shape index (κ2) is 3.96. The van der Waals surface area contributed by atoms with Crippen LogP contribution in [0.3, 0.4) is 0 Å². The van der Waals surface area contributed by atoms with Crippen LogP contribution in [-0.2, 0) is 0 Å². The average molecular weight is 143 g/mol. The monoisotopic (exact) mass is 143 g/mol. The zero-order valence-corrected chi connectivity index (χ0v) is 6.49. The molecular weight excluding hydrogens is 130 g/mol. The van der Waals surface area contributed by atoms with E-state index in [1.165, 1.54) is 25.9 Å². The van der Waals surface area contributed by atoms with Crippen molar-refractivity contribution in [3.05, 3.63) is 12.7 Å². The zero-order valence-electron chi connectivity index (χ0n) is 5.68. The highest BCUT2D eigenvalue weighted by Crippen LogP contribution is 2.17.